The first-order valence-corrected chi connectivity index (χ1v) is 10.7. The van der Waals surface area contributed by atoms with Gasteiger partial charge >= 0.3 is 30.0 Å². The van der Waals surface area contributed by atoms with Crippen LogP contribution in [0.3, 0.4) is 0 Å². The van der Waals surface area contributed by atoms with Gasteiger partial charge in [-0.1, -0.05) is 45.0 Å². The SMILES string of the molecule is CCc1ccccc1C([NH3+])(CC)CC.[O]=[Re](=[O])(=[O])[O-]. The molecule has 3 N–H and O–H groups in total. The summed E-state index contributed by atoms with van der Waals surface area (Å²) in [5.74, 6) is 0. The van der Waals surface area contributed by atoms with Gasteiger partial charge in [-0.2, -0.15) is 0 Å². The molecule has 19 heavy (non-hydrogen) atoms. The third-order valence-corrected chi connectivity index (χ3v) is 3.32. The fraction of sp³-hybridized carbons (Fsp3) is 0.538. The van der Waals surface area contributed by atoms with Crippen LogP contribution in [0.4, 0.5) is 0 Å². The minimum atomic E-state index is -6.11. The van der Waals surface area contributed by atoms with Crippen molar-refractivity contribution in [1.82, 2.24) is 0 Å². The molecule has 0 unspecified atom stereocenters. The summed E-state index contributed by atoms with van der Waals surface area (Å²) < 4.78 is 34.6. The first-order chi connectivity index (χ1) is 8.68. The second-order valence-electron chi connectivity index (χ2n) is 4.38. The average Bonchev–Trinajstić information content (AvgIpc) is 2.36. The van der Waals surface area contributed by atoms with E-state index in [0.717, 1.165) is 19.3 Å². The maximum absolute atomic E-state index is 8.64. The number of aryl methyl sites for hydroxylation is 1. The van der Waals surface area contributed by atoms with Gasteiger partial charge in [0.1, 0.15) is 5.54 Å². The quantitative estimate of drug-likeness (QED) is 0.750. The van der Waals surface area contributed by atoms with E-state index in [9.17, 15) is 0 Å². The van der Waals surface area contributed by atoms with E-state index in [1.807, 2.05) is 0 Å². The molecule has 0 fully saturated rings. The van der Waals surface area contributed by atoms with Crippen LogP contribution in [0, 0.1) is 0 Å². The number of hydrogen-bond acceptors (Lipinski definition) is 4. The van der Waals surface area contributed by atoms with Gasteiger partial charge in [0, 0.05) is 18.4 Å². The van der Waals surface area contributed by atoms with Gasteiger partial charge in [-0.05, 0) is 12.0 Å². The fourth-order valence-corrected chi connectivity index (χ4v) is 1.98. The van der Waals surface area contributed by atoms with Crippen LogP contribution in [0.5, 0.6) is 0 Å². The molecule has 0 spiro atoms. The Morgan fingerprint density at radius 3 is 1.89 bits per heavy atom. The Balaban J connectivity index is 0.000000555. The Bertz CT molecular complexity index is 528. The van der Waals surface area contributed by atoms with Gasteiger partial charge in [0.15, 0.2) is 0 Å². The van der Waals surface area contributed by atoms with Crippen molar-refractivity contribution >= 4 is 0 Å². The summed E-state index contributed by atoms with van der Waals surface area (Å²) in [6.45, 7) is 6.66. The molecule has 1 aromatic carbocycles. The van der Waals surface area contributed by atoms with Gasteiger partial charge < -0.3 is 5.73 Å². The van der Waals surface area contributed by atoms with Crippen LogP contribution in [-0.4, -0.2) is 0 Å². The summed E-state index contributed by atoms with van der Waals surface area (Å²) in [5.41, 5.74) is 7.39. The number of rotatable bonds is 4. The molecule has 6 heteroatoms. The molecular formula is C13H22NO4Re. The monoisotopic (exact) mass is 443 g/mol. The molecule has 0 saturated heterocycles. The van der Waals surface area contributed by atoms with Crippen LogP contribution in [0.1, 0.15) is 44.7 Å². The van der Waals surface area contributed by atoms with Crippen LogP contribution in [0.25, 0.3) is 0 Å². The Morgan fingerprint density at radius 1 is 1.11 bits per heavy atom. The Morgan fingerprint density at radius 2 is 1.53 bits per heavy atom. The predicted molar refractivity (Wildman–Crippen MR) is 63.0 cm³/mol. The van der Waals surface area contributed by atoms with E-state index >= 15 is 0 Å². The Labute approximate surface area is 117 Å². The zero-order valence-corrected chi connectivity index (χ0v) is 14.4. The summed E-state index contributed by atoms with van der Waals surface area (Å²) >= 11 is -6.11. The molecule has 110 valence electrons. The second-order valence-corrected chi connectivity index (χ2v) is 7.09. The maximum atomic E-state index is 8.64. The molecule has 0 amide bonds. The summed E-state index contributed by atoms with van der Waals surface area (Å²) in [5, 5.41) is 0. The van der Waals surface area contributed by atoms with Gasteiger partial charge in [-0.25, -0.2) is 0 Å². The topological polar surface area (TPSA) is 102 Å². The molecule has 0 radical (unpaired) electrons. The molecule has 0 heterocycles. The molecule has 0 atom stereocenters. The molecule has 0 aliphatic rings. The number of quaternary nitrogens is 1. The predicted octanol–water partition coefficient (Wildman–Crippen LogP) is 0.958. The van der Waals surface area contributed by atoms with Crippen LogP contribution in [-0.2, 0) is 38.2 Å². The Hall–Kier alpha value is -0.798. The standard InChI is InChI=1S/C13H21N.4O.Re/c1-4-11-9-7-8-10-12(11)13(14,5-2)6-3;;;;;/h7-10H,4-6,14H2,1-3H3;;;;;/q;;;;-1;/p+1. The first-order valence-electron chi connectivity index (χ1n) is 6.23. The van der Waals surface area contributed by atoms with Crippen LogP contribution < -0.4 is 9.56 Å². The van der Waals surface area contributed by atoms with Crippen LogP contribution >= 0.6 is 0 Å². The zero-order valence-electron chi connectivity index (χ0n) is 11.6. The van der Waals surface area contributed by atoms with E-state index in [1.165, 1.54) is 11.1 Å². The normalized spacial score (nSPS) is 11.6. The summed E-state index contributed by atoms with van der Waals surface area (Å²) in [6, 6.07) is 8.70. The molecular weight excluding hydrogens is 420 g/mol. The van der Waals surface area contributed by atoms with Crippen molar-refractivity contribution in [3.05, 3.63) is 35.4 Å². The minimum absolute atomic E-state index is 0.118. The van der Waals surface area contributed by atoms with E-state index < -0.39 is 15.8 Å². The third-order valence-electron chi connectivity index (χ3n) is 3.32. The van der Waals surface area contributed by atoms with Crippen molar-refractivity contribution in [3.63, 3.8) is 0 Å². The zero-order chi connectivity index (χ0) is 15.1. The van der Waals surface area contributed by atoms with Crippen molar-refractivity contribution in [2.24, 2.45) is 0 Å². The van der Waals surface area contributed by atoms with Gasteiger partial charge in [-0.3, -0.25) is 0 Å². The second kappa shape index (κ2) is 7.71. The van der Waals surface area contributed by atoms with Gasteiger partial charge in [-0.15, -0.1) is 0 Å². The van der Waals surface area contributed by atoms with Crippen molar-refractivity contribution in [1.29, 1.82) is 0 Å². The van der Waals surface area contributed by atoms with Crippen molar-refractivity contribution < 1.29 is 35.8 Å². The third kappa shape index (κ3) is 6.79. The van der Waals surface area contributed by atoms with E-state index in [0.29, 0.717) is 0 Å². The van der Waals surface area contributed by atoms with Crippen LogP contribution in [0.15, 0.2) is 24.3 Å². The molecule has 1 rings (SSSR count). The van der Waals surface area contributed by atoms with Gasteiger partial charge in [0.25, 0.3) is 0 Å². The molecule has 1 aromatic rings. The van der Waals surface area contributed by atoms with Crippen molar-refractivity contribution in [2.75, 3.05) is 0 Å². The van der Waals surface area contributed by atoms with Crippen molar-refractivity contribution in [2.45, 2.75) is 45.6 Å². The number of benzene rings is 1. The molecule has 0 aliphatic carbocycles. The molecule has 0 aliphatic heterocycles. The Kier molecular flexibility index (Phi) is 7.39. The van der Waals surface area contributed by atoms with Crippen molar-refractivity contribution in [3.8, 4) is 0 Å². The van der Waals surface area contributed by atoms with Gasteiger partial charge in [0.05, 0.1) is 0 Å². The first kappa shape index (κ1) is 18.2. The van der Waals surface area contributed by atoms with Gasteiger partial charge in [0.2, 0.25) is 0 Å². The molecule has 5 nitrogen and oxygen atoms in total. The van der Waals surface area contributed by atoms with Crippen LogP contribution in [0.2, 0.25) is 0 Å². The number of hydrogen-bond donors (Lipinski definition) is 1. The fourth-order valence-electron chi connectivity index (χ4n) is 1.98. The summed E-state index contributed by atoms with van der Waals surface area (Å²) in [6.07, 6.45) is 3.33. The summed E-state index contributed by atoms with van der Waals surface area (Å²) in [7, 11) is 0. The van der Waals surface area contributed by atoms with E-state index in [4.69, 9.17) is 14.2 Å². The molecule has 0 aromatic heterocycles. The summed E-state index contributed by atoms with van der Waals surface area (Å²) in [4.78, 5) is 0. The molecule has 0 saturated carbocycles. The van der Waals surface area contributed by atoms with E-state index in [2.05, 4.69) is 50.8 Å². The average molecular weight is 443 g/mol. The molecule has 0 bridgehead atoms. The van der Waals surface area contributed by atoms with E-state index in [-0.39, 0.29) is 5.54 Å². The van der Waals surface area contributed by atoms with E-state index in [1.54, 1.807) is 0 Å².